The van der Waals surface area contributed by atoms with Gasteiger partial charge in [0, 0.05) is 13.4 Å². The maximum absolute atomic E-state index is 5.70. The summed E-state index contributed by atoms with van der Waals surface area (Å²) in [5.74, 6) is 0.984. The van der Waals surface area contributed by atoms with E-state index in [1.165, 1.54) is 11.6 Å². The number of hydrogen-bond donors (Lipinski definition) is 0. The lowest BCUT2D eigenvalue weighted by Gasteiger charge is -2.15. The molecule has 0 atom stereocenters. The Morgan fingerprint density at radius 2 is 1.73 bits per heavy atom. The number of halogens is 1. The SMILES string of the molecule is C[Si](C)(C)CCOc1ccc(CBr)cc1. The molecule has 3 heteroatoms. The zero-order valence-corrected chi connectivity index (χ0v) is 12.3. The average molecular weight is 287 g/mol. The molecular weight excluding hydrogens is 268 g/mol. The Morgan fingerprint density at radius 1 is 1.13 bits per heavy atom. The second-order valence-corrected chi connectivity index (χ2v) is 11.1. The van der Waals surface area contributed by atoms with Crippen LogP contribution < -0.4 is 4.74 Å². The van der Waals surface area contributed by atoms with Crippen LogP contribution >= 0.6 is 15.9 Å². The number of hydrogen-bond acceptors (Lipinski definition) is 1. The van der Waals surface area contributed by atoms with E-state index in [0.29, 0.717) is 0 Å². The van der Waals surface area contributed by atoms with Gasteiger partial charge in [-0.15, -0.1) is 0 Å². The van der Waals surface area contributed by atoms with Gasteiger partial charge in [-0.2, -0.15) is 0 Å². The van der Waals surface area contributed by atoms with Crippen LogP contribution in [0.4, 0.5) is 0 Å². The molecule has 84 valence electrons. The van der Waals surface area contributed by atoms with Crippen molar-refractivity contribution in [3.8, 4) is 5.75 Å². The topological polar surface area (TPSA) is 9.23 Å². The predicted octanol–water partition coefficient (Wildman–Crippen LogP) is 4.30. The first kappa shape index (κ1) is 12.8. The van der Waals surface area contributed by atoms with Crippen LogP contribution in [-0.4, -0.2) is 14.7 Å². The van der Waals surface area contributed by atoms with E-state index in [0.717, 1.165) is 17.7 Å². The van der Waals surface area contributed by atoms with Crippen molar-refractivity contribution in [1.82, 2.24) is 0 Å². The van der Waals surface area contributed by atoms with Crippen LogP contribution in [-0.2, 0) is 5.33 Å². The molecule has 0 aliphatic carbocycles. The number of alkyl halides is 1. The fourth-order valence-corrected chi connectivity index (χ4v) is 2.24. The van der Waals surface area contributed by atoms with Crippen LogP contribution in [0, 0.1) is 0 Å². The predicted molar refractivity (Wildman–Crippen MR) is 72.7 cm³/mol. The lowest BCUT2D eigenvalue weighted by atomic mass is 10.2. The Morgan fingerprint density at radius 3 is 2.20 bits per heavy atom. The van der Waals surface area contributed by atoms with Gasteiger partial charge in [-0.3, -0.25) is 0 Å². The summed E-state index contributed by atoms with van der Waals surface area (Å²) in [5, 5.41) is 0.905. The highest BCUT2D eigenvalue weighted by Crippen LogP contribution is 2.15. The first-order chi connectivity index (χ1) is 7.01. The van der Waals surface area contributed by atoms with Gasteiger partial charge in [0.05, 0.1) is 6.61 Å². The highest BCUT2D eigenvalue weighted by Gasteiger charge is 2.12. The summed E-state index contributed by atoms with van der Waals surface area (Å²) >= 11 is 3.43. The molecule has 0 N–H and O–H groups in total. The first-order valence-electron chi connectivity index (χ1n) is 5.29. The summed E-state index contributed by atoms with van der Waals surface area (Å²) in [6, 6.07) is 9.49. The molecule has 1 aromatic carbocycles. The molecule has 1 nitrogen and oxygen atoms in total. The lowest BCUT2D eigenvalue weighted by molar-refractivity contribution is 0.338. The second kappa shape index (κ2) is 5.71. The third-order valence-corrected chi connectivity index (χ3v) is 4.55. The Hall–Kier alpha value is -0.283. The highest BCUT2D eigenvalue weighted by atomic mass is 79.9. The van der Waals surface area contributed by atoms with Crippen molar-refractivity contribution in [3.63, 3.8) is 0 Å². The van der Waals surface area contributed by atoms with Gasteiger partial charge in [-0.1, -0.05) is 47.7 Å². The molecule has 15 heavy (non-hydrogen) atoms. The monoisotopic (exact) mass is 286 g/mol. The van der Waals surface area contributed by atoms with E-state index in [9.17, 15) is 0 Å². The van der Waals surface area contributed by atoms with Crippen LogP contribution in [0.15, 0.2) is 24.3 Å². The fourth-order valence-electron chi connectivity index (χ4n) is 1.15. The Kier molecular flexibility index (Phi) is 4.86. The summed E-state index contributed by atoms with van der Waals surface area (Å²) in [6.45, 7) is 7.95. The smallest absolute Gasteiger partial charge is 0.119 e. The Balaban J connectivity index is 2.38. The molecule has 0 saturated carbocycles. The molecule has 0 radical (unpaired) electrons. The summed E-state index contributed by atoms with van der Waals surface area (Å²) in [6.07, 6.45) is 0. The molecule has 0 saturated heterocycles. The summed E-state index contributed by atoms with van der Waals surface area (Å²) < 4.78 is 5.70. The van der Waals surface area contributed by atoms with Crippen LogP contribution in [0.2, 0.25) is 25.7 Å². The number of benzene rings is 1. The van der Waals surface area contributed by atoms with Crippen LogP contribution in [0.1, 0.15) is 5.56 Å². The van der Waals surface area contributed by atoms with Gasteiger partial charge in [0.2, 0.25) is 0 Å². The molecule has 1 rings (SSSR count). The molecule has 0 aliphatic rings. The lowest BCUT2D eigenvalue weighted by Crippen LogP contribution is -2.22. The third-order valence-electron chi connectivity index (χ3n) is 2.20. The zero-order valence-electron chi connectivity index (χ0n) is 9.72. The van der Waals surface area contributed by atoms with Crippen molar-refractivity contribution in [1.29, 1.82) is 0 Å². The van der Waals surface area contributed by atoms with Crippen LogP contribution in [0.3, 0.4) is 0 Å². The average Bonchev–Trinajstić information content (AvgIpc) is 2.17. The Labute approximate surface area is 102 Å². The summed E-state index contributed by atoms with van der Waals surface area (Å²) in [7, 11) is -0.961. The van der Waals surface area contributed by atoms with E-state index < -0.39 is 8.07 Å². The largest absolute Gasteiger partial charge is 0.494 e. The van der Waals surface area contributed by atoms with E-state index in [4.69, 9.17) is 4.74 Å². The van der Waals surface area contributed by atoms with Crippen LogP contribution in [0.25, 0.3) is 0 Å². The first-order valence-corrected chi connectivity index (χ1v) is 10.1. The van der Waals surface area contributed by atoms with Gasteiger partial charge >= 0.3 is 0 Å². The zero-order chi connectivity index (χ0) is 11.3. The molecular formula is C12H19BrOSi. The summed E-state index contributed by atoms with van der Waals surface area (Å²) in [5.41, 5.74) is 1.28. The van der Waals surface area contributed by atoms with Crippen molar-refractivity contribution < 1.29 is 4.74 Å². The molecule has 0 aromatic heterocycles. The molecule has 0 heterocycles. The van der Waals surface area contributed by atoms with Gasteiger partial charge in [0.25, 0.3) is 0 Å². The van der Waals surface area contributed by atoms with Crippen molar-refractivity contribution in [3.05, 3.63) is 29.8 Å². The number of rotatable bonds is 5. The minimum Gasteiger partial charge on any atom is -0.494 e. The minimum absolute atomic E-state index is 0.851. The van der Waals surface area contributed by atoms with Crippen molar-refractivity contribution >= 4 is 24.0 Å². The maximum Gasteiger partial charge on any atom is 0.119 e. The van der Waals surface area contributed by atoms with Gasteiger partial charge in [0.15, 0.2) is 0 Å². The van der Waals surface area contributed by atoms with E-state index in [1.807, 2.05) is 12.1 Å². The van der Waals surface area contributed by atoms with E-state index in [-0.39, 0.29) is 0 Å². The van der Waals surface area contributed by atoms with E-state index in [2.05, 4.69) is 47.7 Å². The van der Waals surface area contributed by atoms with Crippen molar-refractivity contribution in [2.45, 2.75) is 31.0 Å². The van der Waals surface area contributed by atoms with Crippen LogP contribution in [0.5, 0.6) is 5.75 Å². The summed E-state index contributed by atoms with van der Waals surface area (Å²) in [4.78, 5) is 0. The molecule has 0 amide bonds. The quantitative estimate of drug-likeness (QED) is 0.579. The van der Waals surface area contributed by atoms with Gasteiger partial charge < -0.3 is 4.74 Å². The molecule has 0 bridgehead atoms. The highest BCUT2D eigenvalue weighted by molar-refractivity contribution is 9.08. The van der Waals surface area contributed by atoms with Gasteiger partial charge in [-0.25, -0.2) is 0 Å². The maximum atomic E-state index is 5.70. The molecule has 0 unspecified atom stereocenters. The number of ether oxygens (including phenoxy) is 1. The van der Waals surface area contributed by atoms with Crippen molar-refractivity contribution in [2.75, 3.05) is 6.61 Å². The normalized spacial score (nSPS) is 11.5. The van der Waals surface area contributed by atoms with E-state index >= 15 is 0 Å². The molecule has 1 aromatic rings. The Bertz CT molecular complexity index is 289. The minimum atomic E-state index is -0.961. The molecule has 0 spiro atoms. The third kappa shape index (κ3) is 5.38. The molecule has 0 fully saturated rings. The fraction of sp³-hybridized carbons (Fsp3) is 0.500. The van der Waals surface area contributed by atoms with Gasteiger partial charge in [0.1, 0.15) is 5.75 Å². The standard InChI is InChI=1S/C12H19BrOSi/c1-15(2,3)9-8-14-12-6-4-11(10-13)5-7-12/h4-7H,8-10H2,1-3H3. The second-order valence-electron chi connectivity index (χ2n) is 4.94. The van der Waals surface area contributed by atoms with Crippen molar-refractivity contribution in [2.24, 2.45) is 0 Å². The van der Waals surface area contributed by atoms with Gasteiger partial charge in [-0.05, 0) is 23.7 Å². The molecule has 0 aliphatic heterocycles. The van der Waals surface area contributed by atoms with E-state index in [1.54, 1.807) is 0 Å².